The van der Waals surface area contributed by atoms with Crippen molar-refractivity contribution in [1.82, 2.24) is 4.90 Å². The summed E-state index contributed by atoms with van der Waals surface area (Å²) >= 11 is 6.30. The van der Waals surface area contributed by atoms with Crippen molar-refractivity contribution in [2.45, 2.75) is 71.1 Å². The van der Waals surface area contributed by atoms with Crippen LogP contribution in [0.15, 0.2) is 54.6 Å². The van der Waals surface area contributed by atoms with E-state index < -0.39 is 16.2 Å². The molecular weight excluding hydrogens is 678 g/mol. The second-order valence-corrected chi connectivity index (χ2v) is 15.7. The summed E-state index contributed by atoms with van der Waals surface area (Å²) in [5, 5.41) is 0.640. The van der Waals surface area contributed by atoms with E-state index in [4.69, 9.17) is 30.4 Å². The number of carbonyl (C=O) groups is 1. The van der Waals surface area contributed by atoms with Crippen molar-refractivity contribution < 1.29 is 32.0 Å². The van der Waals surface area contributed by atoms with E-state index in [2.05, 4.69) is 43.1 Å². The number of carbonyl (C=O) groups excluding carboxylic acids is 1. The summed E-state index contributed by atoms with van der Waals surface area (Å²) in [6.45, 7) is 6.34. The third kappa shape index (κ3) is 9.84. The van der Waals surface area contributed by atoms with Crippen LogP contribution in [0.5, 0.6) is 17.2 Å². The van der Waals surface area contributed by atoms with Crippen LogP contribution in [0, 0.1) is 5.92 Å². The first-order chi connectivity index (χ1) is 23.6. The number of rotatable bonds is 11. The third-order valence-electron chi connectivity index (χ3n) is 9.44. The van der Waals surface area contributed by atoms with Gasteiger partial charge in [0.05, 0.1) is 44.2 Å². The smallest absolute Gasteiger partial charge is 0.264 e. The SMILES string of the molecule is CCS(=O)(=O)O.COc1cc2c(cc1OC(C)C)[C@H](c1ccc(Cl)cc1)N(c1ccc(N(C)CC3CCC(N(C)C)CC3)cc1OC)C(=O)C2. The van der Waals surface area contributed by atoms with Crippen LogP contribution in [0.2, 0.25) is 5.02 Å². The van der Waals surface area contributed by atoms with Gasteiger partial charge in [-0.25, -0.2) is 0 Å². The van der Waals surface area contributed by atoms with Crippen LogP contribution >= 0.6 is 11.6 Å². The van der Waals surface area contributed by atoms with Gasteiger partial charge in [-0.05, 0) is 120 Å². The molecule has 5 rings (SSSR count). The minimum absolute atomic E-state index is 0.0194. The van der Waals surface area contributed by atoms with Gasteiger partial charge in [-0.1, -0.05) is 23.7 Å². The lowest BCUT2D eigenvalue weighted by Crippen LogP contribution is -2.41. The third-order valence-corrected chi connectivity index (χ3v) is 10.4. The van der Waals surface area contributed by atoms with Gasteiger partial charge in [-0.2, -0.15) is 8.42 Å². The second-order valence-electron chi connectivity index (χ2n) is 13.5. The molecule has 0 radical (unpaired) electrons. The number of anilines is 2. The zero-order chi connectivity index (χ0) is 36.7. The van der Waals surface area contributed by atoms with Crippen LogP contribution in [-0.2, 0) is 21.3 Å². The fraction of sp³-hybridized carbons (Fsp3) is 0.500. The van der Waals surface area contributed by atoms with E-state index in [1.54, 1.807) is 14.2 Å². The van der Waals surface area contributed by atoms with Crippen LogP contribution in [0.3, 0.4) is 0 Å². The topological polar surface area (TPSA) is 109 Å². The molecule has 50 heavy (non-hydrogen) atoms. The lowest BCUT2D eigenvalue weighted by Gasteiger charge is -2.39. The molecular formula is C38H52ClN3O7S. The Labute approximate surface area is 303 Å². The van der Waals surface area contributed by atoms with Crippen molar-refractivity contribution in [2.75, 3.05) is 57.5 Å². The average molecular weight is 730 g/mol. The number of amides is 1. The van der Waals surface area contributed by atoms with Crippen molar-refractivity contribution >= 4 is 39.0 Å². The summed E-state index contributed by atoms with van der Waals surface area (Å²) in [5.41, 5.74) is 4.65. The number of nitrogens with zero attached hydrogens (tertiary/aromatic N) is 3. The largest absolute Gasteiger partial charge is 0.494 e. The number of fused-ring (bicyclic) bond motifs is 1. The van der Waals surface area contributed by atoms with Gasteiger partial charge >= 0.3 is 0 Å². The van der Waals surface area contributed by atoms with E-state index >= 15 is 0 Å². The number of methoxy groups -OCH3 is 2. The van der Waals surface area contributed by atoms with Gasteiger partial charge < -0.3 is 24.0 Å². The van der Waals surface area contributed by atoms with Gasteiger partial charge in [0.15, 0.2) is 11.5 Å². The Morgan fingerprint density at radius 3 is 2.08 bits per heavy atom. The molecule has 0 unspecified atom stereocenters. The van der Waals surface area contributed by atoms with Crippen LogP contribution in [-0.4, -0.2) is 83.6 Å². The summed E-state index contributed by atoms with van der Waals surface area (Å²) < 4.78 is 44.7. The van der Waals surface area contributed by atoms with Crippen molar-refractivity contribution in [3.63, 3.8) is 0 Å². The molecule has 1 atom stereocenters. The predicted molar refractivity (Wildman–Crippen MR) is 201 cm³/mol. The molecule has 0 spiro atoms. The molecule has 1 N–H and O–H groups in total. The van der Waals surface area contributed by atoms with Crippen molar-refractivity contribution in [3.05, 3.63) is 76.3 Å². The fourth-order valence-corrected chi connectivity index (χ4v) is 6.87. The van der Waals surface area contributed by atoms with Crippen LogP contribution in [0.1, 0.15) is 69.2 Å². The molecule has 1 heterocycles. The van der Waals surface area contributed by atoms with Crippen LogP contribution in [0.4, 0.5) is 11.4 Å². The van der Waals surface area contributed by atoms with E-state index in [-0.39, 0.29) is 24.2 Å². The van der Waals surface area contributed by atoms with Crippen molar-refractivity contribution in [1.29, 1.82) is 0 Å². The summed E-state index contributed by atoms with van der Waals surface area (Å²) in [7, 11) is 6.15. The normalized spacial score (nSPS) is 19.1. The van der Waals surface area contributed by atoms with Gasteiger partial charge in [0.2, 0.25) is 5.91 Å². The highest BCUT2D eigenvalue weighted by Crippen LogP contribution is 2.46. The molecule has 0 bridgehead atoms. The Morgan fingerprint density at radius 2 is 1.54 bits per heavy atom. The number of halogens is 1. The molecule has 10 nitrogen and oxygen atoms in total. The summed E-state index contributed by atoms with van der Waals surface area (Å²) in [5.74, 6) is 2.37. The van der Waals surface area contributed by atoms with Crippen molar-refractivity contribution in [3.8, 4) is 17.2 Å². The first kappa shape index (κ1) is 39.3. The average Bonchev–Trinajstić information content (AvgIpc) is 3.07. The molecule has 0 aromatic heterocycles. The minimum atomic E-state index is -3.66. The lowest BCUT2D eigenvalue weighted by atomic mass is 9.85. The zero-order valence-corrected chi connectivity index (χ0v) is 32.1. The summed E-state index contributed by atoms with van der Waals surface area (Å²) in [6, 6.07) is 18.1. The lowest BCUT2D eigenvalue weighted by molar-refractivity contribution is -0.118. The number of benzene rings is 3. The Hall–Kier alpha value is -3.51. The Morgan fingerprint density at radius 1 is 0.920 bits per heavy atom. The Bertz CT molecular complexity index is 1710. The highest BCUT2D eigenvalue weighted by molar-refractivity contribution is 7.85. The van der Waals surface area contributed by atoms with Gasteiger partial charge in [0.1, 0.15) is 5.75 Å². The van der Waals surface area contributed by atoms with Gasteiger partial charge in [0, 0.05) is 36.4 Å². The summed E-state index contributed by atoms with van der Waals surface area (Å²) in [4.78, 5) is 20.6. The molecule has 0 saturated heterocycles. The monoisotopic (exact) mass is 729 g/mol. The molecule has 274 valence electrons. The van der Waals surface area contributed by atoms with Gasteiger partial charge in [-0.15, -0.1) is 0 Å². The first-order valence-electron chi connectivity index (χ1n) is 17.1. The standard InChI is InChI=1S/C36H46ClN3O4.C2H6O3S/c1-23(2)44-34-21-30-26(18-33(34)43-7)19-35(41)40(36(30)25-10-12-27(37)13-11-25)31-17-16-29(20-32(31)42-6)39(5)22-24-8-14-28(15-9-24)38(3)4;1-2-6(3,4)5/h10-13,16-18,20-21,23-24,28,36H,8-9,14-15,19,22H2,1-7H3;2H2,1H3,(H,3,4,5)/t24?,28?,36-;/m0./s1. The van der Waals surface area contributed by atoms with E-state index in [1.165, 1.54) is 32.6 Å². The molecule has 3 aromatic carbocycles. The fourth-order valence-electron chi connectivity index (χ4n) is 6.75. The van der Waals surface area contributed by atoms with Crippen LogP contribution in [0.25, 0.3) is 0 Å². The maximum Gasteiger partial charge on any atom is 0.264 e. The van der Waals surface area contributed by atoms with E-state index in [0.29, 0.717) is 34.2 Å². The molecule has 2 aliphatic rings. The van der Waals surface area contributed by atoms with E-state index in [0.717, 1.165) is 34.6 Å². The Kier molecular flexibility index (Phi) is 13.5. The molecule has 3 aromatic rings. The molecule has 1 fully saturated rings. The maximum absolute atomic E-state index is 14.1. The quantitative estimate of drug-likeness (QED) is 0.204. The molecule has 1 amide bonds. The first-order valence-corrected chi connectivity index (χ1v) is 19.1. The highest BCUT2D eigenvalue weighted by atomic mass is 35.5. The molecule has 1 aliphatic carbocycles. The van der Waals surface area contributed by atoms with Gasteiger partial charge in [0.25, 0.3) is 10.1 Å². The van der Waals surface area contributed by atoms with E-state index in [1.807, 2.05) is 61.2 Å². The highest BCUT2D eigenvalue weighted by Gasteiger charge is 2.37. The van der Waals surface area contributed by atoms with Crippen molar-refractivity contribution in [2.24, 2.45) is 5.92 Å². The molecule has 1 saturated carbocycles. The molecule has 12 heteroatoms. The number of hydrogen-bond donors (Lipinski definition) is 1. The second kappa shape index (κ2) is 17.1. The minimum Gasteiger partial charge on any atom is -0.494 e. The predicted octanol–water partition coefficient (Wildman–Crippen LogP) is 7.27. The molecule has 1 aliphatic heterocycles. The maximum atomic E-state index is 14.1. The Balaban J connectivity index is 0.000000860. The zero-order valence-electron chi connectivity index (χ0n) is 30.5. The van der Waals surface area contributed by atoms with Gasteiger partial charge in [-0.3, -0.25) is 14.2 Å². The number of hydrogen-bond acceptors (Lipinski definition) is 8. The summed E-state index contributed by atoms with van der Waals surface area (Å²) in [6.07, 6.45) is 5.16. The van der Waals surface area contributed by atoms with E-state index in [9.17, 15) is 13.2 Å². The van der Waals surface area contributed by atoms with Crippen LogP contribution < -0.4 is 24.0 Å². The number of ether oxygens (including phenoxy) is 3.